The van der Waals surface area contributed by atoms with E-state index in [0.717, 1.165) is 4.47 Å². The summed E-state index contributed by atoms with van der Waals surface area (Å²) in [7, 11) is 0. The van der Waals surface area contributed by atoms with Gasteiger partial charge in [-0.25, -0.2) is 4.39 Å². The highest BCUT2D eigenvalue weighted by Crippen LogP contribution is 2.22. The van der Waals surface area contributed by atoms with Crippen molar-refractivity contribution >= 4 is 15.9 Å². The van der Waals surface area contributed by atoms with E-state index in [0.29, 0.717) is 0 Å². The van der Waals surface area contributed by atoms with Crippen LogP contribution in [0.25, 0.3) is 0 Å². The van der Waals surface area contributed by atoms with Crippen molar-refractivity contribution < 1.29 is 14.2 Å². The summed E-state index contributed by atoms with van der Waals surface area (Å²) in [5.41, 5.74) is 5.17. The molecule has 5 heteroatoms. The average Bonchev–Trinajstić information content (AvgIpc) is 2.19. The van der Waals surface area contributed by atoms with Gasteiger partial charge in [-0.3, -0.25) is 0 Å². The summed E-state index contributed by atoms with van der Waals surface area (Å²) in [4.78, 5) is 0. The molecule has 1 unspecified atom stereocenters. The molecule has 0 aliphatic heterocycles. The first kappa shape index (κ1) is 11.4. The van der Waals surface area contributed by atoms with Crippen LogP contribution in [0.5, 0.6) is 5.75 Å². The van der Waals surface area contributed by atoms with Gasteiger partial charge in [0, 0.05) is 11.0 Å². The van der Waals surface area contributed by atoms with Gasteiger partial charge < -0.3 is 15.6 Å². The molecule has 0 heterocycles. The van der Waals surface area contributed by atoms with E-state index in [4.69, 9.17) is 15.6 Å². The van der Waals surface area contributed by atoms with Crippen LogP contribution < -0.4 is 10.5 Å². The number of rotatable bonds is 4. The van der Waals surface area contributed by atoms with E-state index in [1.165, 1.54) is 12.1 Å². The summed E-state index contributed by atoms with van der Waals surface area (Å²) in [6, 6.07) is 4.36. The zero-order chi connectivity index (χ0) is 10.6. The molecule has 0 aliphatic carbocycles. The number of aliphatic hydroxyl groups excluding tert-OH is 1. The van der Waals surface area contributed by atoms with Crippen LogP contribution in [0.2, 0.25) is 0 Å². The maximum Gasteiger partial charge on any atom is 0.165 e. The van der Waals surface area contributed by atoms with Crippen LogP contribution >= 0.6 is 15.9 Å². The molecule has 3 N–H and O–H groups in total. The molecule has 0 saturated carbocycles. The van der Waals surface area contributed by atoms with Crippen molar-refractivity contribution in [2.45, 2.75) is 6.10 Å². The molecule has 1 aromatic carbocycles. The Morgan fingerprint density at radius 2 is 2.29 bits per heavy atom. The second kappa shape index (κ2) is 5.29. The predicted octanol–water partition coefficient (Wildman–Crippen LogP) is 1.29. The fraction of sp³-hybridized carbons (Fsp3) is 0.333. The number of ether oxygens (including phenoxy) is 1. The molecule has 3 nitrogen and oxygen atoms in total. The Kier molecular flexibility index (Phi) is 4.31. The Bertz CT molecular complexity index is 309. The molecule has 1 rings (SSSR count). The van der Waals surface area contributed by atoms with E-state index in [-0.39, 0.29) is 18.9 Å². The molecule has 0 aliphatic rings. The van der Waals surface area contributed by atoms with Gasteiger partial charge in [-0.15, -0.1) is 0 Å². The molecule has 14 heavy (non-hydrogen) atoms. The molecule has 1 atom stereocenters. The van der Waals surface area contributed by atoms with E-state index >= 15 is 0 Å². The van der Waals surface area contributed by atoms with Gasteiger partial charge in [0.2, 0.25) is 0 Å². The van der Waals surface area contributed by atoms with Crippen molar-refractivity contribution in [1.82, 2.24) is 0 Å². The lowest BCUT2D eigenvalue weighted by Crippen LogP contribution is -2.26. The van der Waals surface area contributed by atoms with Gasteiger partial charge >= 0.3 is 0 Å². The van der Waals surface area contributed by atoms with Crippen LogP contribution in [-0.2, 0) is 0 Å². The minimum atomic E-state index is -0.770. The average molecular weight is 264 g/mol. The summed E-state index contributed by atoms with van der Waals surface area (Å²) in [5, 5.41) is 9.10. The van der Waals surface area contributed by atoms with Crippen LogP contribution in [0.15, 0.2) is 22.7 Å². The quantitative estimate of drug-likeness (QED) is 0.861. The Hall–Kier alpha value is -0.650. The third-order valence-electron chi connectivity index (χ3n) is 1.60. The first-order valence-electron chi connectivity index (χ1n) is 4.09. The van der Waals surface area contributed by atoms with Gasteiger partial charge in [0.05, 0.1) is 0 Å². The van der Waals surface area contributed by atoms with Gasteiger partial charge in [0.1, 0.15) is 12.7 Å². The number of hydrogen-bond donors (Lipinski definition) is 2. The Morgan fingerprint density at radius 1 is 1.57 bits per heavy atom. The van der Waals surface area contributed by atoms with Gasteiger partial charge in [-0.1, -0.05) is 15.9 Å². The van der Waals surface area contributed by atoms with Crippen molar-refractivity contribution in [3.8, 4) is 5.75 Å². The summed E-state index contributed by atoms with van der Waals surface area (Å²) in [5.74, 6) is -0.357. The fourth-order valence-electron chi connectivity index (χ4n) is 0.842. The zero-order valence-electron chi connectivity index (χ0n) is 7.41. The van der Waals surface area contributed by atoms with Gasteiger partial charge in [0.25, 0.3) is 0 Å². The maximum absolute atomic E-state index is 13.1. The lowest BCUT2D eigenvalue weighted by molar-refractivity contribution is 0.111. The van der Waals surface area contributed by atoms with Crippen molar-refractivity contribution in [3.63, 3.8) is 0 Å². The van der Waals surface area contributed by atoms with Crippen molar-refractivity contribution in [2.75, 3.05) is 13.2 Å². The summed E-state index contributed by atoms with van der Waals surface area (Å²) < 4.78 is 18.8. The van der Waals surface area contributed by atoms with Crippen LogP contribution in [-0.4, -0.2) is 24.4 Å². The number of halogens is 2. The Balaban J connectivity index is 2.62. The van der Waals surface area contributed by atoms with Crippen molar-refractivity contribution in [2.24, 2.45) is 5.73 Å². The van der Waals surface area contributed by atoms with Crippen LogP contribution in [0, 0.1) is 5.82 Å². The van der Waals surface area contributed by atoms with Crippen molar-refractivity contribution in [3.05, 3.63) is 28.5 Å². The highest BCUT2D eigenvalue weighted by molar-refractivity contribution is 9.10. The molecule has 0 radical (unpaired) electrons. The SMILES string of the molecule is NCC(O)COc1cc(Br)ccc1F. The summed E-state index contributed by atoms with van der Waals surface area (Å²) in [6.45, 7) is 0.0828. The number of nitrogens with two attached hydrogens (primary N) is 1. The van der Waals surface area contributed by atoms with E-state index in [1.807, 2.05) is 0 Å². The highest BCUT2D eigenvalue weighted by Gasteiger charge is 2.06. The summed E-state index contributed by atoms with van der Waals surface area (Å²) in [6.07, 6.45) is -0.770. The molecule has 0 saturated heterocycles. The van der Waals surface area contributed by atoms with Gasteiger partial charge in [-0.2, -0.15) is 0 Å². The normalized spacial score (nSPS) is 12.6. The first-order chi connectivity index (χ1) is 6.63. The first-order valence-corrected chi connectivity index (χ1v) is 4.88. The predicted molar refractivity (Wildman–Crippen MR) is 54.7 cm³/mol. The van der Waals surface area contributed by atoms with E-state index in [1.54, 1.807) is 6.07 Å². The fourth-order valence-corrected chi connectivity index (χ4v) is 1.18. The number of aliphatic hydroxyl groups is 1. The topological polar surface area (TPSA) is 55.5 Å². The smallest absolute Gasteiger partial charge is 0.165 e. The Morgan fingerprint density at radius 3 is 2.93 bits per heavy atom. The lowest BCUT2D eigenvalue weighted by atomic mass is 10.3. The van der Waals surface area contributed by atoms with Crippen LogP contribution in [0.3, 0.4) is 0 Å². The second-order valence-corrected chi connectivity index (χ2v) is 3.69. The molecule has 1 aromatic rings. The van der Waals surface area contributed by atoms with Gasteiger partial charge in [0.15, 0.2) is 11.6 Å². The number of benzene rings is 1. The standard InChI is InChI=1S/C9H11BrFNO2/c10-6-1-2-8(11)9(3-6)14-5-7(13)4-12/h1-3,7,13H,4-5,12H2. The van der Waals surface area contributed by atoms with E-state index in [2.05, 4.69) is 15.9 Å². The molecule has 0 amide bonds. The largest absolute Gasteiger partial charge is 0.488 e. The maximum atomic E-state index is 13.1. The van der Waals surface area contributed by atoms with Crippen LogP contribution in [0.1, 0.15) is 0 Å². The second-order valence-electron chi connectivity index (χ2n) is 2.78. The highest BCUT2D eigenvalue weighted by atomic mass is 79.9. The Labute approximate surface area is 89.8 Å². The van der Waals surface area contributed by atoms with Gasteiger partial charge in [-0.05, 0) is 18.2 Å². The third kappa shape index (κ3) is 3.25. The minimum absolute atomic E-state index is 0.0100. The molecule has 0 bridgehead atoms. The minimum Gasteiger partial charge on any atom is -0.488 e. The monoisotopic (exact) mass is 263 g/mol. The van der Waals surface area contributed by atoms with Crippen molar-refractivity contribution in [1.29, 1.82) is 0 Å². The van der Waals surface area contributed by atoms with E-state index < -0.39 is 11.9 Å². The van der Waals surface area contributed by atoms with Crippen LogP contribution in [0.4, 0.5) is 4.39 Å². The molecular formula is C9H11BrFNO2. The zero-order valence-corrected chi connectivity index (χ0v) is 9.00. The lowest BCUT2D eigenvalue weighted by Gasteiger charge is -2.10. The molecule has 0 spiro atoms. The molecule has 0 fully saturated rings. The molecular weight excluding hydrogens is 253 g/mol. The molecule has 0 aromatic heterocycles. The van der Waals surface area contributed by atoms with E-state index in [9.17, 15) is 4.39 Å². The third-order valence-corrected chi connectivity index (χ3v) is 2.09. The molecule has 78 valence electrons. The number of hydrogen-bond acceptors (Lipinski definition) is 3. The summed E-state index contributed by atoms with van der Waals surface area (Å²) >= 11 is 3.19.